The van der Waals surface area contributed by atoms with Gasteiger partial charge in [0.2, 0.25) is 5.95 Å². The van der Waals surface area contributed by atoms with Crippen LogP contribution in [0.1, 0.15) is 33.9 Å². The number of halogens is 1. The number of nitrogens with zero attached hydrogens (tertiary/aromatic N) is 3. The van der Waals surface area contributed by atoms with Crippen LogP contribution in [0.3, 0.4) is 0 Å². The molecule has 0 unspecified atom stereocenters. The molecule has 9 heteroatoms. The number of ether oxygens (including phenoxy) is 1. The van der Waals surface area contributed by atoms with E-state index in [1.807, 2.05) is 13.0 Å². The van der Waals surface area contributed by atoms with Crippen LogP contribution in [0.5, 0.6) is 0 Å². The molecule has 4 rings (SSSR count). The molecule has 1 amide bonds. The molecule has 0 saturated carbocycles. The average Bonchev–Trinajstić information content (AvgIpc) is 3.45. The van der Waals surface area contributed by atoms with E-state index in [9.17, 15) is 9.90 Å². The molecule has 2 aromatic heterocycles. The highest BCUT2D eigenvalue weighted by Gasteiger charge is 2.19. The third kappa shape index (κ3) is 5.04. The van der Waals surface area contributed by atoms with Crippen LogP contribution in [-0.2, 0) is 4.74 Å². The van der Waals surface area contributed by atoms with Gasteiger partial charge in [-0.1, -0.05) is 23.7 Å². The van der Waals surface area contributed by atoms with E-state index in [4.69, 9.17) is 16.3 Å². The van der Waals surface area contributed by atoms with Gasteiger partial charge in [0.15, 0.2) is 0 Å². The largest absolute Gasteiger partial charge is 0.394 e. The average molecular weight is 442 g/mol. The van der Waals surface area contributed by atoms with Gasteiger partial charge in [0.1, 0.15) is 5.82 Å². The van der Waals surface area contributed by atoms with Crippen molar-refractivity contribution >= 4 is 23.5 Å². The minimum absolute atomic E-state index is 0.198. The minimum Gasteiger partial charge on any atom is -0.394 e. The second kappa shape index (κ2) is 9.47. The van der Waals surface area contributed by atoms with E-state index in [1.165, 1.54) is 0 Å². The SMILES string of the molecule is Cc1cnc(N[C@@H]2CCOC2)nc1-n1ccc(C(=O)N[C@H](CO)c2cccc(Cl)c2)c1. The standard InChI is InChI=1S/C22H24ClN5O3/c1-14-10-24-22(25-18-6-8-31-13-18)27-20(14)28-7-5-16(11-28)21(30)26-19(12-29)15-3-2-4-17(23)9-15/h2-5,7,9-11,18-19,29H,6,8,12-13H2,1H3,(H,26,30)(H,24,25,27)/t18-,19-/m1/s1. The summed E-state index contributed by atoms with van der Waals surface area (Å²) in [7, 11) is 0. The van der Waals surface area contributed by atoms with Gasteiger partial charge in [0.25, 0.3) is 5.91 Å². The summed E-state index contributed by atoms with van der Waals surface area (Å²) in [6.45, 7) is 3.05. The lowest BCUT2D eigenvalue weighted by atomic mass is 10.1. The van der Waals surface area contributed by atoms with E-state index in [0.29, 0.717) is 29.0 Å². The van der Waals surface area contributed by atoms with Crippen molar-refractivity contribution in [3.05, 3.63) is 70.6 Å². The maximum Gasteiger partial charge on any atom is 0.253 e. The molecule has 0 radical (unpaired) electrons. The third-order valence-corrected chi connectivity index (χ3v) is 5.38. The molecule has 2 atom stereocenters. The van der Waals surface area contributed by atoms with Crippen LogP contribution in [0.15, 0.2) is 48.9 Å². The van der Waals surface area contributed by atoms with Crippen LogP contribution in [0.4, 0.5) is 5.95 Å². The Bertz CT molecular complexity index is 1060. The van der Waals surface area contributed by atoms with E-state index in [0.717, 1.165) is 24.2 Å². The third-order valence-electron chi connectivity index (χ3n) is 5.15. The van der Waals surface area contributed by atoms with Gasteiger partial charge in [-0.25, -0.2) is 4.98 Å². The summed E-state index contributed by atoms with van der Waals surface area (Å²) in [5, 5.41) is 16.4. The van der Waals surface area contributed by atoms with Crippen LogP contribution >= 0.6 is 11.6 Å². The van der Waals surface area contributed by atoms with Gasteiger partial charge in [0, 0.05) is 35.8 Å². The summed E-state index contributed by atoms with van der Waals surface area (Å²) in [6, 6.07) is 8.41. The Morgan fingerprint density at radius 2 is 2.29 bits per heavy atom. The molecule has 0 spiro atoms. The van der Waals surface area contributed by atoms with Crippen molar-refractivity contribution in [2.45, 2.75) is 25.4 Å². The lowest BCUT2D eigenvalue weighted by Crippen LogP contribution is -2.30. The van der Waals surface area contributed by atoms with Crippen molar-refractivity contribution in [2.24, 2.45) is 0 Å². The molecule has 0 bridgehead atoms. The molecular weight excluding hydrogens is 418 g/mol. The Morgan fingerprint density at radius 3 is 3.03 bits per heavy atom. The second-order valence-electron chi connectivity index (χ2n) is 7.48. The monoisotopic (exact) mass is 441 g/mol. The number of amides is 1. The fourth-order valence-corrected chi connectivity index (χ4v) is 3.66. The zero-order chi connectivity index (χ0) is 21.8. The van der Waals surface area contributed by atoms with E-state index >= 15 is 0 Å². The van der Waals surface area contributed by atoms with Gasteiger partial charge in [-0.2, -0.15) is 4.98 Å². The molecule has 31 heavy (non-hydrogen) atoms. The summed E-state index contributed by atoms with van der Waals surface area (Å²) < 4.78 is 7.17. The van der Waals surface area contributed by atoms with E-state index < -0.39 is 6.04 Å². The molecule has 3 aromatic rings. The molecule has 1 saturated heterocycles. The van der Waals surface area contributed by atoms with Crippen LogP contribution in [-0.4, -0.2) is 51.4 Å². The van der Waals surface area contributed by atoms with E-state index in [2.05, 4.69) is 20.6 Å². The summed E-state index contributed by atoms with van der Waals surface area (Å²) in [4.78, 5) is 21.7. The Morgan fingerprint density at radius 1 is 1.42 bits per heavy atom. The van der Waals surface area contributed by atoms with Crippen molar-refractivity contribution < 1.29 is 14.6 Å². The fourth-order valence-electron chi connectivity index (χ4n) is 3.46. The van der Waals surface area contributed by atoms with Gasteiger partial charge in [-0.3, -0.25) is 4.79 Å². The first kappa shape index (κ1) is 21.3. The summed E-state index contributed by atoms with van der Waals surface area (Å²) in [6.07, 6.45) is 6.15. The van der Waals surface area contributed by atoms with Crippen LogP contribution < -0.4 is 10.6 Å². The minimum atomic E-state index is -0.556. The first-order valence-corrected chi connectivity index (χ1v) is 10.4. The highest BCUT2D eigenvalue weighted by molar-refractivity contribution is 6.30. The number of benzene rings is 1. The number of rotatable bonds is 7. The highest BCUT2D eigenvalue weighted by Crippen LogP contribution is 2.20. The Labute approximate surface area is 185 Å². The topological polar surface area (TPSA) is 101 Å². The number of hydrogen-bond acceptors (Lipinski definition) is 6. The van der Waals surface area contributed by atoms with Gasteiger partial charge in [-0.05, 0) is 37.1 Å². The molecule has 1 aliphatic heterocycles. The molecule has 1 aliphatic rings. The van der Waals surface area contributed by atoms with Gasteiger partial charge < -0.3 is 25.0 Å². The molecule has 3 heterocycles. The maximum absolute atomic E-state index is 12.8. The number of aliphatic hydroxyl groups is 1. The lowest BCUT2D eigenvalue weighted by molar-refractivity contribution is 0.0916. The molecule has 3 N–H and O–H groups in total. The van der Waals surface area contributed by atoms with Crippen molar-refractivity contribution in [1.82, 2.24) is 19.9 Å². The predicted octanol–water partition coefficient (Wildman–Crippen LogP) is 2.89. The normalized spacial score (nSPS) is 16.8. The summed E-state index contributed by atoms with van der Waals surface area (Å²) >= 11 is 6.03. The smallest absolute Gasteiger partial charge is 0.253 e. The molecular formula is C22H24ClN5O3. The van der Waals surface area contributed by atoms with Crippen molar-refractivity contribution in [1.29, 1.82) is 0 Å². The quantitative estimate of drug-likeness (QED) is 0.521. The number of carbonyl (C=O) groups is 1. The number of nitrogens with one attached hydrogen (secondary N) is 2. The zero-order valence-corrected chi connectivity index (χ0v) is 17.8. The van der Waals surface area contributed by atoms with Gasteiger partial charge >= 0.3 is 0 Å². The number of aryl methyl sites for hydroxylation is 1. The van der Waals surface area contributed by atoms with Crippen molar-refractivity contribution in [2.75, 3.05) is 25.1 Å². The molecule has 1 fully saturated rings. The van der Waals surface area contributed by atoms with Crippen molar-refractivity contribution in [3.63, 3.8) is 0 Å². The number of anilines is 1. The number of hydrogen-bond donors (Lipinski definition) is 3. The van der Waals surface area contributed by atoms with E-state index in [-0.39, 0.29) is 18.6 Å². The first-order chi connectivity index (χ1) is 15.0. The highest BCUT2D eigenvalue weighted by atomic mass is 35.5. The molecule has 8 nitrogen and oxygen atoms in total. The summed E-state index contributed by atoms with van der Waals surface area (Å²) in [5.74, 6) is 0.909. The molecule has 162 valence electrons. The fraction of sp³-hybridized carbons (Fsp3) is 0.318. The molecule has 1 aromatic carbocycles. The Balaban J connectivity index is 1.50. The Kier molecular flexibility index (Phi) is 6.50. The van der Waals surface area contributed by atoms with Gasteiger partial charge in [-0.15, -0.1) is 0 Å². The predicted molar refractivity (Wildman–Crippen MR) is 118 cm³/mol. The maximum atomic E-state index is 12.8. The van der Waals surface area contributed by atoms with Crippen LogP contribution in [0.2, 0.25) is 5.02 Å². The lowest BCUT2D eigenvalue weighted by Gasteiger charge is -2.16. The van der Waals surface area contributed by atoms with E-state index in [1.54, 1.807) is 47.4 Å². The number of carbonyl (C=O) groups excluding carboxylic acids is 1. The zero-order valence-electron chi connectivity index (χ0n) is 17.1. The number of aromatic nitrogens is 3. The Hall–Kier alpha value is -2.94. The summed E-state index contributed by atoms with van der Waals surface area (Å²) in [5.41, 5.74) is 2.07. The first-order valence-electron chi connectivity index (χ1n) is 10.1. The second-order valence-corrected chi connectivity index (χ2v) is 7.91. The van der Waals surface area contributed by atoms with Crippen LogP contribution in [0.25, 0.3) is 5.82 Å². The van der Waals surface area contributed by atoms with Crippen molar-refractivity contribution in [3.8, 4) is 5.82 Å². The molecule has 0 aliphatic carbocycles. The number of aliphatic hydroxyl groups excluding tert-OH is 1. The van der Waals surface area contributed by atoms with Crippen LogP contribution in [0, 0.1) is 6.92 Å². The van der Waals surface area contributed by atoms with Gasteiger partial charge in [0.05, 0.1) is 30.9 Å².